The summed E-state index contributed by atoms with van der Waals surface area (Å²) in [5, 5.41) is 6.72. The van der Waals surface area contributed by atoms with Gasteiger partial charge in [0.05, 0.1) is 7.05 Å². The van der Waals surface area contributed by atoms with Crippen molar-refractivity contribution in [2.24, 2.45) is 10.3 Å². The number of nitrogens with zero attached hydrogens (tertiary/aromatic N) is 3. The van der Waals surface area contributed by atoms with Gasteiger partial charge in [-0.1, -0.05) is 81.5 Å². The van der Waals surface area contributed by atoms with Crippen LogP contribution < -0.4 is 5.43 Å². The first-order valence-electron chi connectivity index (χ1n) is 10.8. The molecule has 1 fully saturated rings. The van der Waals surface area contributed by atoms with E-state index < -0.39 is 0 Å². The van der Waals surface area contributed by atoms with Gasteiger partial charge in [-0.05, 0) is 49.9 Å². The van der Waals surface area contributed by atoms with Gasteiger partial charge in [-0.3, -0.25) is 10.3 Å². The number of hydrogen-bond acceptors (Lipinski definition) is 3. The molecule has 0 atom stereocenters. The van der Waals surface area contributed by atoms with Gasteiger partial charge >= 0.3 is 0 Å². The second-order valence-electron chi connectivity index (χ2n) is 7.30. The Kier molecular flexibility index (Phi) is 14.3. The van der Waals surface area contributed by atoms with Crippen LogP contribution in [0.3, 0.4) is 0 Å². The molecule has 4 heteroatoms. The summed E-state index contributed by atoms with van der Waals surface area (Å²) >= 11 is 0. The minimum atomic E-state index is 1.15. The van der Waals surface area contributed by atoms with Crippen LogP contribution in [0.2, 0.25) is 0 Å². The van der Waals surface area contributed by atoms with E-state index in [4.69, 9.17) is 0 Å². The Morgan fingerprint density at radius 1 is 0.963 bits per heavy atom. The summed E-state index contributed by atoms with van der Waals surface area (Å²) in [6, 6.07) is 9.38. The zero-order valence-corrected chi connectivity index (χ0v) is 17.6. The molecule has 0 radical (unpaired) electrons. The van der Waals surface area contributed by atoms with Crippen molar-refractivity contribution in [3.8, 4) is 0 Å². The van der Waals surface area contributed by atoms with Crippen LogP contribution in [0.15, 0.2) is 47.4 Å². The monoisotopic (exact) mass is 372 g/mol. The largest absolute Gasteiger partial charge is 0.299 e. The number of aryl methyl sites for hydroxylation is 1. The van der Waals surface area contributed by atoms with E-state index in [-0.39, 0.29) is 0 Å². The fraction of sp³-hybridized carbons (Fsp3) is 0.652. The molecule has 2 rings (SSSR count). The van der Waals surface area contributed by atoms with Crippen LogP contribution in [0.4, 0.5) is 0 Å². The lowest BCUT2D eigenvalue weighted by atomic mass is 10.0. The van der Waals surface area contributed by atoms with Crippen LogP contribution >= 0.6 is 0 Å². The normalized spacial score (nSPS) is 14.1. The molecule has 0 bridgehead atoms. The quantitative estimate of drug-likeness (QED) is 0.266. The number of likely N-dealkylation sites (tertiary alicyclic amines) is 1. The van der Waals surface area contributed by atoms with Crippen LogP contribution in [0.5, 0.6) is 0 Å². The third kappa shape index (κ3) is 12.4. The Bertz CT molecular complexity index is 490. The molecule has 0 aliphatic carbocycles. The molecule has 1 saturated heterocycles. The Labute approximate surface area is 167 Å². The fourth-order valence-electron chi connectivity index (χ4n) is 3.40. The molecule has 1 aliphatic rings. The molecule has 0 unspecified atom stereocenters. The maximum atomic E-state index is 3.37. The summed E-state index contributed by atoms with van der Waals surface area (Å²) in [6.45, 7) is 9.35. The SMILES string of the molecule is C=CNN=NC.CCCCCCCCCc1ccc(CN2CCCC2)cc1. The standard InChI is InChI=1S/C20H33N.C3H7N3/c1-2-3-4-5-6-7-8-11-19-12-14-20(15-13-19)18-21-16-9-10-17-21;1-3-5-6-4-2/h12-15H,2-11,16-18H2,1H3;3H,1H2,2H3,(H,4,5). The predicted octanol–water partition coefficient (Wildman–Crippen LogP) is 6.29. The topological polar surface area (TPSA) is 40.0 Å². The average molecular weight is 373 g/mol. The smallest absolute Gasteiger partial charge is 0.0509 e. The van der Waals surface area contributed by atoms with Gasteiger partial charge in [-0.15, -0.1) is 0 Å². The predicted molar refractivity (Wildman–Crippen MR) is 117 cm³/mol. The van der Waals surface area contributed by atoms with E-state index in [0.29, 0.717) is 0 Å². The molecule has 0 amide bonds. The van der Waals surface area contributed by atoms with Crippen molar-refractivity contribution in [3.63, 3.8) is 0 Å². The zero-order chi connectivity index (χ0) is 19.6. The molecule has 1 aromatic rings. The molecular weight excluding hydrogens is 332 g/mol. The molecule has 27 heavy (non-hydrogen) atoms. The van der Waals surface area contributed by atoms with E-state index in [2.05, 4.69) is 58.4 Å². The first-order chi connectivity index (χ1) is 13.3. The molecule has 4 nitrogen and oxygen atoms in total. The lowest BCUT2D eigenvalue weighted by molar-refractivity contribution is 0.331. The van der Waals surface area contributed by atoms with Crippen molar-refractivity contribution < 1.29 is 0 Å². The fourth-order valence-corrected chi connectivity index (χ4v) is 3.40. The van der Waals surface area contributed by atoms with E-state index in [1.165, 1.54) is 94.6 Å². The van der Waals surface area contributed by atoms with E-state index in [1.54, 1.807) is 7.05 Å². The maximum absolute atomic E-state index is 3.37. The summed E-state index contributed by atoms with van der Waals surface area (Å²) in [4.78, 5) is 2.57. The van der Waals surface area contributed by atoms with Crippen molar-refractivity contribution >= 4 is 0 Å². The number of unbranched alkanes of at least 4 members (excludes halogenated alkanes) is 6. The van der Waals surface area contributed by atoms with Crippen molar-refractivity contribution in [2.75, 3.05) is 20.1 Å². The molecule has 1 heterocycles. The van der Waals surface area contributed by atoms with Gasteiger partial charge in [0.15, 0.2) is 0 Å². The molecule has 0 spiro atoms. The number of rotatable bonds is 12. The van der Waals surface area contributed by atoms with Crippen LogP contribution in [0.1, 0.15) is 75.8 Å². The summed E-state index contributed by atoms with van der Waals surface area (Å²) < 4.78 is 0. The Morgan fingerprint density at radius 3 is 2.11 bits per heavy atom. The lowest BCUT2D eigenvalue weighted by Gasteiger charge is -2.14. The summed E-state index contributed by atoms with van der Waals surface area (Å²) in [5.41, 5.74) is 5.43. The van der Waals surface area contributed by atoms with Gasteiger partial charge in [-0.25, -0.2) is 0 Å². The molecule has 152 valence electrons. The Hall–Kier alpha value is -1.68. The Morgan fingerprint density at radius 2 is 1.56 bits per heavy atom. The van der Waals surface area contributed by atoms with Gasteiger partial charge in [0.1, 0.15) is 0 Å². The number of benzene rings is 1. The first kappa shape index (κ1) is 23.4. The maximum Gasteiger partial charge on any atom is 0.0509 e. The van der Waals surface area contributed by atoms with E-state index in [0.717, 1.165) is 6.54 Å². The van der Waals surface area contributed by atoms with E-state index >= 15 is 0 Å². The minimum absolute atomic E-state index is 1.15. The van der Waals surface area contributed by atoms with Crippen molar-refractivity contribution in [2.45, 2.75) is 77.7 Å². The zero-order valence-electron chi connectivity index (χ0n) is 17.6. The van der Waals surface area contributed by atoms with Crippen molar-refractivity contribution in [3.05, 3.63) is 48.2 Å². The molecular formula is C23H40N4. The average Bonchev–Trinajstić information content (AvgIpc) is 3.20. The lowest BCUT2D eigenvalue weighted by Crippen LogP contribution is -2.18. The van der Waals surface area contributed by atoms with Crippen LogP contribution in [-0.4, -0.2) is 25.0 Å². The van der Waals surface area contributed by atoms with Crippen molar-refractivity contribution in [1.29, 1.82) is 0 Å². The highest BCUT2D eigenvalue weighted by molar-refractivity contribution is 5.22. The third-order valence-electron chi connectivity index (χ3n) is 4.95. The van der Waals surface area contributed by atoms with E-state index in [1.807, 2.05) is 0 Å². The Balaban J connectivity index is 0.000000527. The van der Waals surface area contributed by atoms with Crippen LogP contribution in [0.25, 0.3) is 0 Å². The summed E-state index contributed by atoms with van der Waals surface area (Å²) in [7, 11) is 1.58. The first-order valence-corrected chi connectivity index (χ1v) is 10.8. The highest BCUT2D eigenvalue weighted by Crippen LogP contribution is 2.15. The number of hydrogen-bond donors (Lipinski definition) is 1. The van der Waals surface area contributed by atoms with E-state index in [9.17, 15) is 0 Å². The van der Waals surface area contributed by atoms with Crippen LogP contribution in [-0.2, 0) is 13.0 Å². The van der Waals surface area contributed by atoms with Gasteiger partial charge in [0.2, 0.25) is 0 Å². The number of nitrogens with one attached hydrogen (secondary N) is 1. The molecule has 1 aromatic carbocycles. The van der Waals surface area contributed by atoms with Gasteiger partial charge in [0.25, 0.3) is 0 Å². The highest BCUT2D eigenvalue weighted by Gasteiger charge is 2.11. The molecule has 0 saturated carbocycles. The van der Waals surface area contributed by atoms with Gasteiger partial charge < -0.3 is 0 Å². The third-order valence-corrected chi connectivity index (χ3v) is 4.95. The second-order valence-corrected chi connectivity index (χ2v) is 7.30. The van der Waals surface area contributed by atoms with Crippen LogP contribution in [0, 0.1) is 0 Å². The van der Waals surface area contributed by atoms with Gasteiger partial charge in [-0.2, -0.15) is 5.11 Å². The van der Waals surface area contributed by atoms with Gasteiger partial charge in [0, 0.05) is 12.7 Å². The minimum Gasteiger partial charge on any atom is -0.299 e. The summed E-state index contributed by atoms with van der Waals surface area (Å²) in [5.74, 6) is 0. The summed E-state index contributed by atoms with van der Waals surface area (Å²) in [6.07, 6.45) is 15.3. The highest BCUT2D eigenvalue weighted by atomic mass is 15.4. The van der Waals surface area contributed by atoms with Crippen molar-refractivity contribution in [1.82, 2.24) is 10.3 Å². The molecule has 1 N–H and O–H groups in total. The molecule has 1 aliphatic heterocycles. The molecule has 0 aromatic heterocycles. The second kappa shape index (κ2) is 16.5.